The zero-order chi connectivity index (χ0) is 37.4. The molecule has 52 heavy (non-hydrogen) atoms. The number of rotatable bonds is 4. The summed E-state index contributed by atoms with van der Waals surface area (Å²) in [6.45, 7) is 14.9. The van der Waals surface area contributed by atoms with Gasteiger partial charge in [0.25, 0.3) is 0 Å². The van der Waals surface area contributed by atoms with Crippen molar-refractivity contribution in [3.05, 3.63) is 34.9 Å². The molecule has 0 amide bonds. The van der Waals surface area contributed by atoms with Crippen molar-refractivity contribution in [1.82, 2.24) is 42.5 Å². The fraction of sp³-hybridized carbons (Fsp3) is 0.706. The van der Waals surface area contributed by atoms with Gasteiger partial charge in [0, 0.05) is 39.0 Å². The Balaban J connectivity index is 1.78. The normalized spacial score (nSPS) is 20.7. The summed E-state index contributed by atoms with van der Waals surface area (Å²) in [5.41, 5.74) is 3.29. The van der Waals surface area contributed by atoms with Crippen molar-refractivity contribution in [2.45, 2.75) is 51.4 Å². The molecule has 0 aliphatic carbocycles. The van der Waals surface area contributed by atoms with Gasteiger partial charge in [-0.2, -0.15) is 0 Å². The molecule has 2 fully saturated rings. The van der Waals surface area contributed by atoms with Crippen molar-refractivity contribution in [1.29, 1.82) is 0 Å². The molecule has 2 aliphatic heterocycles. The van der Waals surface area contributed by atoms with E-state index in [4.69, 9.17) is 77.3 Å². The number of thiocarbonyl (C=S) groups is 4. The van der Waals surface area contributed by atoms with Gasteiger partial charge in [0.15, 0.2) is 20.4 Å². The van der Waals surface area contributed by atoms with Crippen LogP contribution >= 0.6 is 48.9 Å². The maximum Gasteiger partial charge on any atom is 0.167 e. The summed E-state index contributed by atoms with van der Waals surface area (Å²) in [7, 11) is 0. The highest BCUT2D eigenvalue weighted by atomic mass is 32.1. The highest BCUT2D eigenvalue weighted by Gasteiger charge is 2.21. The van der Waals surface area contributed by atoms with E-state index in [0.29, 0.717) is 139 Å². The highest BCUT2D eigenvalue weighted by Crippen LogP contribution is 2.26. The number of hydrogen-bond donors (Lipinski definition) is 8. The Morgan fingerprint density at radius 1 is 0.462 bits per heavy atom. The average Bonchev–Trinajstić information content (AvgIpc) is 3.07. The zero-order valence-electron chi connectivity index (χ0n) is 30.7. The Labute approximate surface area is 330 Å². The van der Waals surface area contributed by atoms with Crippen LogP contribution in [0.25, 0.3) is 0 Å². The van der Waals surface area contributed by atoms with Crippen molar-refractivity contribution in [2.75, 3.05) is 105 Å². The van der Waals surface area contributed by atoms with E-state index < -0.39 is 0 Å². The van der Waals surface area contributed by atoms with Crippen molar-refractivity contribution in [3.8, 4) is 0 Å². The first-order valence-corrected chi connectivity index (χ1v) is 19.5. The average molecular weight is 803 g/mol. The minimum absolute atomic E-state index is 0.111. The van der Waals surface area contributed by atoms with Crippen molar-refractivity contribution in [3.63, 3.8) is 0 Å². The van der Waals surface area contributed by atoms with Crippen molar-refractivity contribution in [2.24, 2.45) is 0 Å². The molecular formula is C34H58N8O6S4. The van der Waals surface area contributed by atoms with Crippen LogP contribution in [0.2, 0.25) is 0 Å². The van der Waals surface area contributed by atoms with E-state index in [1.165, 1.54) is 5.56 Å². The second-order valence-corrected chi connectivity index (χ2v) is 14.7. The van der Waals surface area contributed by atoms with Crippen LogP contribution in [0.4, 0.5) is 0 Å². The van der Waals surface area contributed by atoms with Crippen molar-refractivity contribution >= 4 is 69.3 Å². The fourth-order valence-corrected chi connectivity index (χ4v) is 6.02. The van der Waals surface area contributed by atoms with E-state index in [-0.39, 0.29) is 17.7 Å². The summed E-state index contributed by atoms with van der Waals surface area (Å²) < 4.78 is 33.7. The van der Waals surface area contributed by atoms with Gasteiger partial charge in [-0.1, -0.05) is 39.0 Å². The lowest BCUT2D eigenvalue weighted by atomic mass is 9.84. The molecule has 0 aromatic heterocycles. The third kappa shape index (κ3) is 20.3. The third-order valence-electron chi connectivity index (χ3n) is 7.64. The van der Waals surface area contributed by atoms with Crippen LogP contribution in [-0.4, -0.2) is 138 Å². The highest BCUT2D eigenvalue weighted by molar-refractivity contribution is 7.80. The first kappa shape index (κ1) is 44.1. The Kier molecular flexibility index (Phi) is 21.8. The molecule has 0 bridgehead atoms. The largest absolute Gasteiger partial charge is 0.377 e. The molecule has 18 heteroatoms. The lowest BCUT2D eigenvalue weighted by molar-refractivity contribution is 0.0165. The van der Waals surface area contributed by atoms with E-state index in [1.807, 2.05) is 0 Å². The van der Waals surface area contributed by atoms with Gasteiger partial charge in [0.2, 0.25) is 0 Å². The SMILES string of the molecule is CC(C)(C)c1cc(CC2NC(=S)NCCOCCOCCOCCNC(=S)N2)cc(CC2NC(=S)NCCOCCOCCOCCNC(=S)N2)c1. The molecule has 1 aromatic carbocycles. The molecule has 2 saturated heterocycles. The van der Waals surface area contributed by atoms with Gasteiger partial charge in [-0.3, -0.25) is 0 Å². The second-order valence-electron chi connectivity index (χ2n) is 13.1. The predicted molar refractivity (Wildman–Crippen MR) is 220 cm³/mol. The van der Waals surface area contributed by atoms with Crippen LogP contribution in [0.1, 0.15) is 37.5 Å². The molecule has 0 radical (unpaired) electrons. The fourth-order valence-electron chi connectivity index (χ4n) is 5.05. The summed E-state index contributed by atoms with van der Waals surface area (Å²) >= 11 is 22.6. The Morgan fingerprint density at radius 3 is 1.00 bits per heavy atom. The monoisotopic (exact) mass is 802 g/mol. The van der Waals surface area contributed by atoms with Gasteiger partial charge in [-0.15, -0.1) is 0 Å². The molecule has 1 aromatic rings. The minimum Gasteiger partial charge on any atom is -0.377 e. The molecule has 0 spiro atoms. The number of nitrogens with one attached hydrogen (secondary N) is 8. The molecule has 2 heterocycles. The topological polar surface area (TPSA) is 152 Å². The summed E-state index contributed by atoms with van der Waals surface area (Å²) in [5.74, 6) is 0. The van der Waals surface area contributed by atoms with E-state index in [1.54, 1.807) is 0 Å². The van der Waals surface area contributed by atoms with Crippen molar-refractivity contribution < 1.29 is 28.4 Å². The smallest absolute Gasteiger partial charge is 0.167 e. The maximum atomic E-state index is 5.66. The molecule has 14 nitrogen and oxygen atoms in total. The van der Waals surface area contributed by atoms with Gasteiger partial charge in [0.05, 0.1) is 79.3 Å². The van der Waals surface area contributed by atoms with E-state index in [9.17, 15) is 0 Å². The van der Waals surface area contributed by atoms with Crippen LogP contribution in [0.3, 0.4) is 0 Å². The van der Waals surface area contributed by atoms with E-state index >= 15 is 0 Å². The molecule has 0 atom stereocenters. The minimum atomic E-state index is -0.311. The number of ether oxygens (including phenoxy) is 6. The van der Waals surface area contributed by atoms with Crippen LogP contribution in [0.5, 0.6) is 0 Å². The second kappa shape index (κ2) is 25.7. The molecule has 0 saturated carbocycles. The first-order valence-electron chi connectivity index (χ1n) is 17.9. The lowest BCUT2D eigenvalue weighted by Gasteiger charge is -2.27. The summed E-state index contributed by atoms with van der Waals surface area (Å²) in [5, 5.41) is 28.5. The van der Waals surface area contributed by atoms with Crippen LogP contribution in [0.15, 0.2) is 18.2 Å². The number of benzene rings is 1. The van der Waals surface area contributed by atoms with Crippen LogP contribution < -0.4 is 42.5 Å². The standard InChI is InChI=1S/C34H58N8O6S4/c1-34(2,3)27-21-25(23-28-39-30(49)35-4-8-43-12-16-47-17-13-44-9-5-36-31(50)40-28)20-26(22-27)24-29-41-32(51)37-6-10-45-14-18-48-19-15-46-11-7-38-33(52)42-29/h20-22,28-29H,4-19,23-24H2,1-3H3,(H2,35,39,49)(H2,36,40,50)(H2,37,41,51)(H2,38,42,52). The molecule has 0 unspecified atom stereocenters. The first-order chi connectivity index (χ1) is 25.1. The molecule has 3 rings (SSSR count). The zero-order valence-corrected chi connectivity index (χ0v) is 34.0. The lowest BCUT2D eigenvalue weighted by Crippen LogP contribution is -2.55. The Morgan fingerprint density at radius 2 is 0.731 bits per heavy atom. The van der Waals surface area contributed by atoms with E-state index in [2.05, 4.69) is 81.5 Å². The van der Waals surface area contributed by atoms with Crippen LogP contribution in [0, 0.1) is 0 Å². The molecule has 8 N–H and O–H groups in total. The molecule has 294 valence electrons. The predicted octanol–water partition coefficient (Wildman–Crippen LogP) is 0.705. The maximum absolute atomic E-state index is 5.66. The van der Waals surface area contributed by atoms with E-state index in [0.717, 1.165) is 11.1 Å². The third-order valence-corrected chi connectivity index (χ3v) is 8.68. The number of hydrogen-bond acceptors (Lipinski definition) is 10. The molecule has 2 aliphatic rings. The van der Waals surface area contributed by atoms with Gasteiger partial charge < -0.3 is 71.0 Å². The Bertz CT molecular complexity index is 1110. The van der Waals surface area contributed by atoms with Gasteiger partial charge in [0.1, 0.15) is 12.3 Å². The summed E-state index contributed by atoms with van der Waals surface area (Å²) in [4.78, 5) is 0. The molecular weight excluding hydrogens is 745 g/mol. The van der Waals surface area contributed by atoms with Gasteiger partial charge in [-0.25, -0.2) is 0 Å². The summed E-state index contributed by atoms with van der Waals surface area (Å²) in [6, 6.07) is 6.68. The van der Waals surface area contributed by atoms with Gasteiger partial charge >= 0.3 is 0 Å². The van der Waals surface area contributed by atoms with Crippen LogP contribution in [-0.2, 0) is 46.7 Å². The summed E-state index contributed by atoms with van der Waals surface area (Å²) in [6.07, 6.45) is 0.547. The van der Waals surface area contributed by atoms with Gasteiger partial charge in [-0.05, 0) is 71.0 Å². The Hall–Kier alpha value is -2.26. The quantitative estimate of drug-likeness (QED) is 0.202.